The van der Waals surface area contributed by atoms with Gasteiger partial charge in [0.25, 0.3) is 0 Å². The molecule has 1 heterocycles. The molecule has 102 valence electrons. The van der Waals surface area contributed by atoms with Crippen molar-refractivity contribution < 1.29 is 0 Å². The summed E-state index contributed by atoms with van der Waals surface area (Å²) in [4.78, 5) is 0. The minimum Gasteiger partial charge on any atom is -0.232 e. The molecule has 0 N–H and O–H groups in total. The number of fused-ring (bicyclic) bond motifs is 2. The highest BCUT2D eigenvalue weighted by Gasteiger charge is 2.19. The highest BCUT2D eigenvalue weighted by atomic mass is 15.3. The zero-order valence-corrected chi connectivity index (χ0v) is 11.7. The van der Waals surface area contributed by atoms with Crippen molar-refractivity contribution in [2.24, 2.45) is 0 Å². The van der Waals surface area contributed by atoms with E-state index in [1.165, 1.54) is 24.0 Å². The van der Waals surface area contributed by atoms with E-state index in [0.29, 0.717) is 0 Å². The van der Waals surface area contributed by atoms with E-state index in [4.69, 9.17) is 0 Å². The van der Waals surface area contributed by atoms with E-state index >= 15 is 0 Å². The fourth-order valence-corrected chi connectivity index (χ4v) is 3.31. The smallest absolute Gasteiger partial charge is 0.102 e. The molecule has 4 rings (SSSR count). The first-order chi connectivity index (χ1) is 10.4. The van der Waals surface area contributed by atoms with Crippen LogP contribution < -0.4 is 0 Å². The number of nitrogens with zero attached hydrogens (tertiary/aromatic N) is 3. The summed E-state index contributed by atoms with van der Waals surface area (Å²) in [7, 11) is 0. The van der Waals surface area contributed by atoms with Crippen LogP contribution in [0.3, 0.4) is 0 Å². The van der Waals surface area contributed by atoms with Crippen molar-refractivity contribution in [2.45, 2.75) is 25.7 Å². The van der Waals surface area contributed by atoms with Crippen molar-refractivity contribution in [3.05, 3.63) is 59.3 Å². The van der Waals surface area contributed by atoms with Crippen molar-refractivity contribution in [3.8, 4) is 11.8 Å². The van der Waals surface area contributed by atoms with Crippen molar-refractivity contribution in [1.29, 1.82) is 5.26 Å². The molecular formula is C18H15N3. The fourth-order valence-electron chi connectivity index (χ4n) is 3.31. The Bertz CT molecular complexity index is 854. The van der Waals surface area contributed by atoms with Gasteiger partial charge in [0.2, 0.25) is 0 Å². The molecule has 0 amide bonds. The molecular weight excluding hydrogens is 258 g/mol. The Morgan fingerprint density at radius 3 is 2.71 bits per heavy atom. The molecule has 0 atom stereocenters. The normalized spacial score (nSPS) is 13.9. The van der Waals surface area contributed by atoms with Gasteiger partial charge in [0.05, 0.1) is 23.0 Å². The van der Waals surface area contributed by atoms with Crippen LogP contribution in [0.5, 0.6) is 0 Å². The third-order valence-corrected chi connectivity index (χ3v) is 4.29. The molecule has 1 aliphatic rings. The molecule has 21 heavy (non-hydrogen) atoms. The quantitative estimate of drug-likeness (QED) is 0.677. The van der Waals surface area contributed by atoms with Gasteiger partial charge in [-0.25, -0.2) is 4.68 Å². The van der Waals surface area contributed by atoms with Crippen molar-refractivity contribution >= 4 is 10.9 Å². The maximum Gasteiger partial charge on any atom is 0.102 e. The third-order valence-electron chi connectivity index (χ3n) is 4.29. The SMILES string of the molecule is N#Cc1c2c(cc3cnn(-c4ccccc4)c13)CCCC2. The van der Waals surface area contributed by atoms with Crippen LogP contribution in [0.25, 0.3) is 16.6 Å². The first-order valence-electron chi connectivity index (χ1n) is 7.36. The van der Waals surface area contributed by atoms with Crippen LogP contribution >= 0.6 is 0 Å². The largest absolute Gasteiger partial charge is 0.232 e. The van der Waals surface area contributed by atoms with Gasteiger partial charge in [0, 0.05) is 5.39 Å². The van der Waals surface area contributed by atoms with Gasteiger partial charge >= 0.3 is 0 Å². The summed E-state index contributed by atoms with van der Waals surface area (Å²) in [5.74, 6) is 0. The molecule has 0 saturated heterocycles. The Balaban J connectivity index is 2.06. The van der Waals surface area contributed by atoms with E-state index in [9.17, 15) is 5.26 Å². The number of aryl methyl sites for hydroxylation is 1. The lowest BCUT2D eigenvalue weighted by Crippen LogP contribution is -2.07. The zero-order chi connectivity index (χ0) is 14.2. The molecule has 3 aromatic rings. The molecule has 0 unspecified atom stereocenters. The summed E-state index contributed by atoms with van der Waals surface area (Å²) in [5.41, 5.74) is 5.32. The number of benzene rings is 2. The van der Waals surface area contributed by atoms with Gasteiger partial charge in [-0.15, -0.1) is 0 Å². The second-order valence-corrected chi connectivity index (χ2v) is 5.54. The van der Waals surface area contributed by atoms with Gasteiger partial charge in [-0.2, -0.15) is 10.4 Å². The van der Waals surface area contributed by atoms with Gasteiger partial charge in [0.1, 0.15) is 6.07 Å². The molecule has 1 aromatic heterocycles. The number of aromatic nitrogens is 2. The molecule has 0 fully saturated rings. The lowest BCUT2D eigenvalue weighted by atomic mass is 9.87. The topological polar surface area (TPSA) is 41.6 Å². The second-order valence-electron chi connectivity index (χ2n) is 5.54. The van der Waals surface area contributed by atoms with Crippen LogP contribution in [0, 0.1) is 11.3 Å². The van der Waals surface area contributed by atoms with Crippen LogP contribution in [0.1, 0.15) is 29.5 Å². The van der Waals surface area contributed by atoms with Crippen LogP contribution in [-0.4, -0.2) is 9.78 Å². The molecule has 1 aliphatic carbocycles. The van der Waals surface area contributed by atoms with Gasteiger partial charge in [-0.05, 0) is 55.0 Å². The van der Waals surface area contributed by atoms with Crippen molar-refractivity contribution in [1.82, 2.24) is 9.78 Å². The Morgan fingerprint density at radius 2 is 1.90 bits per heavy atom. The summed E-state index contributed by atoms with van der Waals surface area (Å²) in [5, 5.41) is 15.3. The molecule has 2 aromatic carbocycles. The third kappa shape index (κ3) is 1.84. The summed E-state index contributed by atoms with van der Waals surface area (Å²) in [6, 6.07) is 14.7. The highest BCUT2D eigenvalue weighted by molar-refractivity contribution is 5.88. The fraction of sp³-hybridized carbons (Fsp3) is 0.222. The average molecular weight is 273 g/mol. The number of hydrogen-bond donors (Lipinski definition) is 0. The number of nitriles is 1. The number of hydrogen-bond acceptors (Lipinski definition) is 2. The monoisotopic (exact) mass is 273 g/mol. The minimum atomic E-state index is 0.809. The predicted molar refractivity (Wildman–Crippen MR) is 82.4 cm³/mol. The Hall–Kier alpha value is -2.60. The Labute approximate surface area is 123 Å². The standard InChI is InChI=1S/C18H15N3/c19-11-17-16-9-5-4-6-13(16)10-14-12-20-21(18(14)17)15-7-2-1-3-8-15/h1-3,7-8,10,12H,4-6,9H2. The van der Waals surface area contributed by atoms with E-state index in [0.717, 1.165) is 35.0 Å². The van der Waals surface area contributed by atoms with E-state index < -0.39 is 0 Å². The van der Waals surface area contributed by atoms with Crippen LogP contribution in [0.2, 0.25) is 0 Å². The average Bonchev–Trinajstić information content (AvgIpc) is 2.97. The Morgan fingerprint density at radius 1 is 1.10 bits per heavy atom. The molecule has 0 radical (unpaired) electrons. The second kappa shape index (κ2) is 4.75. The Kier molecular flexibility index (Phi) is 2.75. The number of para-hydroxylation sites is 1. The van der Waals surface area contributed by atoms with Gasteiger partial charge < -0.3 is 0 Å². The molecule has 0 bridgehead atoms. The van der Waals surface area contributed by atoms with Gasteiger partial charge in [-0.3, -0.25) is 0 Å². The molecule has 3 nitrogen and oxygen atoms in total. The zero-order valence-electron chi connectivity index (χ0n) is 11.7. The van der Waals surface area contributed by atoms with E-state index in [2.05, 4.69) is 17.2 Å². The van der Waals surface area contributed by atoms with Crippen molar-refractivity contribution in [2.75, 3.05) is 0 Å². The molecule has 0 aliphatic heterocycles. The van der Waals surface area contributed by atoms with Gasteiger partial charge in [0.15, 0.2) is 0 Å². The summed E-state index contributed by atoms with van der Waals surface area (Å²) in [6.07, 6.45) is 6.35. The first-order valence-corrected chi connectivity index (χ1v) is 7.36. The summed E-state index contributed by atoms with van der Waals surface area (Å²) >= 11 is 0. The lowest BCUT2D eigenvalue weighted by molar-refractivity contribution is 0.685. The predicted octanol–water partition coefficient (Wildman–Crippen LogP) is 3.78. The van der Waals surface area contributed by atoms with Crippen LogP contribution in [0.4, 0.5) is 0 Å². The first kappa shape index (κ1) is 12.2. The van der Waals surface area contributed by atoms with Crippen LogP contribution in [0.15, 0.2) is 42.6 Å². The highest BCUT2D eigenvalue weighted by Crippen LogP contribution is 2.32. The lowest BCUT2D eigenvalue weighted by Gasteiger charge is -2.18. The summed E-state index contributed by atoms with van der Waals surface area (Å²) < 4.78 is 1.89. The molecule has 0 saturated carbocycles. The van der Waals surface area contributed by atoms with Gasteiger partial charge in [-0.1, -0.05) is 18.2 Å². The number of rotatable bonds is 1. The maximum atomic E-state index is 9.69. The molecule has 3 heteroatoms. The summed E-state index contributed by atoms with van der Waals surface area (Å²) in [6.45, 7) is 0. The van der Waals surface area contributed by atoms with Crippen molar-refractivity contribution in [3.63, 3.8) is 0 Å². The maximum absolute atomic E-state index is 9.69. The minimum absolute atomic E-state index is 0.809. The van der Waals surface area contributed by atoms with E-state index in [1.54, 1.807) is 0 Å². The molecule has 0 spiro atoms. The van der Waals surface area contributed by atoms with E-state index in [-0.39, 0.29) is 0 Å². The van der Waals surface area contributed by atoms with Crippen LogP contribution in [-0.2, 0) is 12.8 Å². The van der Waals surface area contributed by atoms with E-state index in [1.807, 2.05) is 41.2 Å².